The fourth-order valence-corrected chi connectivity index (χ4v) is 3.22. The number of rotatable bonds is 5. The van der Waals surface area contributed by atoms with Crippen LogP contribution in [0.25, 0.3) is 0 Å². The van der Waals surface area contributed by atoms with Crippen molar-refractivity contribution in [2.24, 2.45) is 0 Å². The lowest BCUT2D eigenvalue weighted by Crippen LogP contribution is -2.21. The fraction of sp³-hybridized carbons (Fsp3) is 0.235. The van der Waals surface area contributed by atoms with Gasteiger partial charge in [0, 0.05) is 22.2 Å². The fourth-order valence-electron chi connectivity index (χ4n) is 2.20. The molecule has 22 heavy (non-hydrogen) atoms. The maximum absolute atomic E-state index is 13.1. The van der Waals surface area contributed by atoms with Crippen molar-refractivity contribution in [3.05, 3.63) is 65.0 Å². The van der Waals surface area contributed by atoms with E-state index in [0.29, 0.717) is 5.56 Å². The van der Waals surface area contributed by atoms with E-state index in [2.05, 4.69) is 5.32 Å². The summed E-state index contributed by atoms with van der Waals surface area (Å²) in [6.45, 7) is 3.82. The summed E-state index contributed by atoms with van der Waals surface area (Å²) in [7, 11) is -1.37. The van der Waals surface area contributed by atoms with E-state index in [9.17, 15) is 13.4 Å². The molecule has 0 aliphatic heterocycles. The van der Waals surface area contributed by atoms with Crippen LogP contribution in [0.15, 0.2) is 42.5 Å². The van der Waals surface area contributed by atoms with Crippen molar-refractivity contribution < 1.29 is 13.4 Å². The van der Waals surface area contributed by atoms with E-state index in [0.717, 1.165) is 16.8 Å². The number of benzene rings is 2. The molecule has 0 radical (unpaired) electrons. The lowest BCUT2D eigenvalue weighted by molar-refractivity contribution is -0.113. The third kappa shape index (κ3) is 4.49. The molecule has 2 aromatic rings. The summed E-state index contributed by atoms with van der Waals surface area (Å²) in [5.41, 5.74) is 3.31. The van der Waals surface area contributed by atoms with Crippen LogP contribution >= 0.6 is 0 Å². The molecule has 0 aliphatic rings. The van der Waals surface area contributed by atoms with E-state index >= 15 is 0 Å². The average molecular weight is 319 g/mol. The Morgan fingerprint density at radius 2 is 1.77 bits per heavy atom. The van der Waals surface area contributed by atoms with Crippen molar-refractivity contribution in [1.29, 1.82) is 0 Å². The van der Waals surface area contributed by atoms with E-state index in [-0.39, 0.29) is 23.2 Å². The van der Waals surface area contributed by atoms with Crippen molar-refractivity contribution in [1.82, 2.24) is 0 Å². The van der Waals surface area contributed by atoms with Crippen LogP contribution in [0.2, 0.25) is 0 Å². The van der Waals surface area contributed by atoms with E-state index in [1.807, 2.05) is 32.0 Å². The molecule has 1 unspecified atom stereocenters. The molecule has 1 N–H and O–H groups in total. The van der Waals surface area contributed by atoms with Gasteiger partial charge < -0.3 is 5.32 Å². The minimum absolute atomic E-state index is 0.107. The highest BCUT2D eigenvalue weighted by atomic mass is 32.2. The number of para-hydroxylation sites is 1. The number of carbonyl (C=O) groups excluding carboxylic acids is 1. The van der Waals surface area contributed by atoms with Crippen LogP contribution in [0, 0.1) is 19.7 Å². The Morgan fingerprint density at radius 3 is 2.41 bits per heavy atom. The second-order valence-electron chi connectivity index (χ2n) is 5.17. The molecule has 0 aliphatic carbocycles. The van der Waals surface area contributed by atoms with Crippen LogP contribution in [0.3, 0.4) is 0 Å². The number of nitrogens with one attached hydrogen (secondary N) is 1. The summed E-state index contributed by atoms with van der Waals surface area (Å²) in [6.07, 6.45) is 0. The minimum atomic E-state index is -1.37. The predicted octanol–water partition coefficient (Wildman–Crippen LogP) is 3.33. The topological polar surface area (TPSA) is 46.2 Å². The number of carbonyl (C=O) groups is 1. The minimum Gasteiger partial charge on any atom is -0.325 e. The van der Waals surface area contributed by atoms with Crippen molar-refractivity contribution in [2.75, 3.05) is 11.1 Å². The molecule has 116 valence electrons. The van der Waals surface area contributed by atoms with Gasteiger partial charge in [0.2, 0.25) is 5.91 Å². The number of halogens is 1. The molecule has 0 heterocycles. The molecule has 0 saturated heterocycles. The third-order valence-electron chi connectivity index (χ3n) is 3.25. The van der Waals surface area contributed by atoms with E-state index < -0.39 is 10.8 Å². The Hall–Kier alpha value is -2.01. The van der Waals surface area contributed by atoms with E-state index in [4.69, 9.17) is 0 Å². The molecule has 0 saturated carbocycles. The summed E-state index contributed by atoms with van der Waals surface area (Å²) < 4.78 is 25.1. The van der Waals surface area contributed by atoms with Gasteiger partial charge >= 0.3 is 0 Å². The number of hydrogen-bond acceptors (Lipinski definition) is 2. The van der Waals surface area contributed by atoms with Gasteiger partial charge in [-0.05, 0) is 42.7 Å². The summed E-state index contributed by atoms with van der Waals surface area (Å²) in [6, 6.07) is 11.7. The molecule has 0 fully saturated rings. The molecule has 0 spiro atoms. The largest absolute Gasteiger partial charge is 0.325 e. The van der Waals surface area contributed by atoms with Gasteiger partial charge in [-0.3, -0.25) is 9.00 Å². The van der Waals surface area contributed by atoms with Crippen LogP contribution in [-0.4, -0.2) is 15.9 Å². The highest BCUT2D eigenvalue weighted by molar-refractivity contribution is 7.84. The van der Waals surface area contributed by atoms with E-state index in [1.165, 1.54) is 12.1 Å². The molecule has 1 atom stereocenters. The van der Waals surface area contributed by atoms with Gasteiger partial charge in [0.1, 0.15) is 11.6 Å². The Balaban J connectivity index is 1.96. The molecule has 0 bridgehead atoms. The number of aryl methyl sites for hydroxylation is 2. The zero-order valence-corrected chi connectivity index (χ0v) is 13.4. The first-order valence-corrected chi connectivity index (χ1v) is 8.40. The molecule has 2 rings (SSSR count). The Morgan fingerprint density at radius 1 is 1.14 bits per heavy atom. The smallest absolute Gasteiger partial charge is 0.237 e. The maximum Gasteiger partial charge on any atom is 0.237 e. The normalized spacial score (nSPS) is 12.0. The van der Waals surface area contributed by atoms with Gasteiger partial charge in [-0.1, -0.05) is 30.3 Å². The molecule has 0 aromatic heterocycles. The summed E-state index contributed by atoms with van der Waals surface area (Å²) in [5.74, 6) is -0.607. The van der Waals surface area contributed by atoms with Crippen LogP contribution in [-0.2, 0) is 21.3 Å². The highest BCUT2D eigenvalue weighted by Crippen LogP contribution is 2.19. The summed E-state index contributed by atoms with van der Waals surface area (Å²) in [4.78, 5) is 12.0. The summed E-state index contributed by atoms with van der Waals surface area (Å²) in [5, 5.41) is 2.80. The number of amides is 1. The molecule has 1 amide bonds. The maximum atomic E-state index is 13.1. The molecule has 2 aromatic carbocycles. The number of anilines is 1. The quantitative estimate of drug-likeness (QED) is 0.919. The third-order valence-corrected chi connectivity index (χ3v) is 4.49. The monoisotopic (exact) mass is 319 g/mol. The highest BCUT2D eigenvalue weighted by Gasteiger charge is 2.11. The van der Waals surface area contributed by atoms with Crippen molar-refractivity contribution >= 4 is 22.4 Å². The molecule has 3 nitrogen and oxygen atoms in total. The average Bonchev–Trinajstić information content (AvgIpc) is 2.43. The van der Waals surface area contributed by atoms with Gasteiger partial charge in [-0.2, -0.15) is 0 Å². The Kier molecular flexibility index (Phi) is 5.44. The van der Waals surface area contributed by atoms with Gasteiger partial charge in [0.25, 0.3) is 0 Å². The van der Waals surface area contributed by atoms with Gasteiger partial charge in [-0.25, -0.2) is 4.39 Å². The van der Waals surface area contributed by atoms with Crippen molar-refractivity contribution in [2.45, 2.75) is 19.6 Å². The first-order valence-electron chi connectivity index (χ1n) is 6.91. The van der Waals surface area contributed by atoms with Crippen LogP contribution < -0.4 is 5.32 Å². The zero-order valence-electron chi connectivity index (χ0n) is 12.6. The lowest BCUT2D eigenvalue weighted by atomic mass is 10.1. The standard InChI is InChI=1S/C17H18FNO2S/c1-12-5-3-6-13(2)17(12)19-16(20)11-22(21)10-14-7-4-8-15(18)9-14/h3-9H,10-11H2,1-2H3,(H,19,20). The Bertz CT molecular complexity index is 695. The van der Waals surface area contributed by atoms with Crippen LogP contribution in [0.5, 0.6) is 0 Å². The van der Waals surface area contributed by atoms with Crippen LogP contribution in [0.4, 0.5) is 10.1 Å². The van der Waals surface area contributed by atoms with Crippen molar-refractivity contribution in [3.63, 3.8) is 0 Å². The van der Waals surface area contributed by atoms with Gasteiger partial charge in [-0.15, -0.1) is 0 Å². The first-order chi connectivity index (χ1) is 10.5. The van der Waals surface area contributed by atoms with Crippen molar-refractivity contribution in [3.8, 4) is 0 Å². The zero-order chi connectivity index (χ0) is 16.1. The molecular formula is C17H18FNO2S. The summed E-state index contributed by atoms with van der Waals surface area (Å²) >= 11 is 0. The second-order valence-corrected chi connectivity index (χ2v) is 6.63. The Labute approximate surface area is 132 Å². The van der Waals surface area contributed by atoms with Gasteiger partial charge in [0.15, 0.2) is 0 Å². The predicted molar refractivity (Wildman–Crippen MR) is 87.7 cm³/mol. The molecular weight excluding hydrogens is 301 g/mol. The van der Waals surface area contributed by atoms with Gasteiger partial charge in [0.05, 0.1) is 0 Å². The van der Waals surface area contributed by atoms with E-state index in [1.54, 1.807) is 12.1 Å². The van der Waals surface area contributed by atoms with Crippen LogP contribution in [0.1, 0.15) is 16.7 Å². The first kappa shape index (κ1) is 16.4. The lowest BCUT2D eigenvalue weighted by Gasteiger charge is -2.11. The SMILES string of the molecule is Cc1cccc(C)c1NC(=O)CS(=O)Cc1cccc(F)c1. The molecule has 5 heteroatoms. The second kappa shape index (κ2) is 7.31. The number of hydrogen-bond donors (Lipinski definition) is 1.